The molecule has 0 unspecified atom stereocenters. The highest BCUT2D eigenvalue weighted by Gasteiger charge is 2.29. The lowest BCUT2D eigenvalue weighted by molar-refractivity contribution is 0.0697. The topological polar surface area (TPSA) is 52.9 Å². The Hall–Kier alpha value is -2.95. The third kappa shape index (κ3) is 3.50. The Labute approximate surface area is 158 Å². The van der Waals surface area contributed by atoms with E-state index in [9.17, 15) is 9.18 Å². The fourth-order valence-electron chi connectivity index (χ4n) is 3.36. The van der Waals surface area contributed by atoms with Crippen molar-refractivity contribution in [2.24, 2.45) is 4.99 Å². The zero-order valence-electron chi connectivity index (χ0n) is 16.2. The molecule has 5 heteroatoms. The Balaban J connectivity index is 1.99. The molecule has 0 aromatic heterocycles. The van der Waals surface area contributed by atoms with E-state index in [2.05, 4.69) is 29.8 Å². The first-order valence-electron chi connectivity index (χ1n) is 8.75. The van der Waals surface area contributed by atoms with Gasteiger partial charge in [-0.2, -0.15) is 0 Å². The molecule has 4 nitrogen and oxygen atoms in total. The van der Waals surface area contributed by atoms with E-state index in [-0.39, 0.29) is 16.9 Å². The lowest BCUT2D eigenvalue weighted by Crippen LogP contribution is -2.42. The molecule has 0 saturated heterocycles. The minimum Gasteiger partial charge on any atom is -0.478 e. The van der Waals surface area contributed by atoms with Crippen molar-refractivity contribution in [2.75, 3.05) is 11.9 Å². The van der Waals surface area contributed by atoms with Crippen LogP contribution in [0.4, 0.5) is 15.8 Å². The van der Waals surface area contributed by atoms with E-state index in [4.69, 9.17) is 5.11 Å². The molecule has 1 heterocycles. The van der Waals surface area contributed by atoms with Crippen LogP contribution in [0.1, 0.15) is 47.8 Å². The van der Waals surface area contributed by atoms with Gasteiger partial charge in [0.05, 0.1) is 16.8 Å². The van der Waals surface area contributed by atoms with Gasteiger partial charge in [0.1, 0.15) is 5.82 Å². The molecule has 2 aromatic carbocycles. The van der Waals surface area contributed by atoms with E-state index in [1.54, 1.807) is 25.1 Å². The Bertz CT molecular complexity index is 990. The quantitative estimate of drug-likeness (QED) is 0.758. The number of aryl methyl sites for hydroxylation is 1. The van der Waals surface area contributed by atoms with E-state index in [0.717, 1.165) is 22.4 Å². The third-order valence-corrected chi connectivity index (χ3v) is 5.12. The second-order valence-electron chi connectivity index (χ2n) is 7.50. The lowest BCUT2D eigenvalue weighted by atomic mass is 9.88. The van der Waals surface area contributed by atoms with Crippen LogP contribution in [-0.4, -0.2) is 29.9 Å². The summed E-state index contributed by atoms with van der Waals surface area (Å²) >= 11 is 0. The van der Waals surface area contributed by atoms with Gasteiger partial charge in [-0.3, -0.25) is 4.99 Å². The molecule has 1 aliphatic heterocycles. The maximum atomic E-state index is 14.7. The third-order valence-electron chi connectivity index (χ3n) is 5.12. The Morgan fingerprint density at radius 1 is 1.22 bits per heavy atom. The van der Waals surface area contributed by atoms with Crippen molar-refractivity contribution in [3.63, 3.8) is 0 Å². The fraction of sp³-hybridized carbons (Fsp3) is 0.273. The largest absolute Gasteiger partial charge is 0.478 e. The smallest absolute Gasteiger partial charge is 0.335 e. The number of nitrogens with zero attached hydrogens (tertiary/aromatic N) is 2. The Morgan fingerprint density at radius 2 is 1.93 bits per heavy atom. The van der Waals surface area contributed by atoms with Gasteiger partial charge in [0.15, 0.2) is 0 Å². The molecule has 0 radical (unpaired) electrons. The first-order chi connectivity index (χ1) is 12.6. The number of anilines is 1. The van der Waals surface area contributed by atoms with Crippen LogP contribution >= 0.6 is 0 Å². The number of benzene rings is 2. The van der Waals surface area contributed by atoms with Gasteiger partial charge in [-0.25, -0.2) is 9.18 Å². The number of hydrogen-bond donors (Lipinski definition) is 1. The van der Waals surface area contributed by atoms with Crippen LogP contribution in [0.5, 0.6) is 0 Å². The average Bonchev–Trinajstić information content (AvgIpc) is 2.58. The van der Waals surface area contributed by atoms with Crippen LogP contribution in [0.2, 0.25) is 0 Å². The van der Waals surface area contributed by atoms with Crippen LogP contribution < -0.4 is 4.90 Å². The first-order valence-corrected chi connectivity index (χ1v) is 8.75. The van der Waals surface area contributed by atoms with E-state index in [1.165, 1.54) is 12.3 Å². The zero-order chi connectivity index (χ0) is 19.9. The molecule has 0 aliphatic carbocycles. The van der Waals surface area contributed by atoms with Crippen LogP contribution in [-0.2, 0) is 0 Å². The highest BCUT2D eigenvalue weighted by molar-refractivity contribution is 5.90. The number of hydrogen-bond acceptors (Lipinski definition) is 3. The van der Waals surface area contributed by atoms with Gasteiger partial charge in [0.2, 0.25) is 0 Å². The highest BCUT2D eigenvalue weighted by atomic mass is 19.1. The molecule has 0 fully saturated rings. The molecule has 0 spiro atoms. The molecule has 3 rings (SSSR count). The fourth-order valence-corrected chi connectivity index (χ4v) is 3.36. The Morgan fingerprint density at radius 3 is 2.56 bits per heavy atom. The summed E-state index contributed by atoms with van der Waals surface area (Å²) in [6.07, 6.45) is 3.66. The van der Waals surface area contributed by atoms with Crippen molar-refractivity contribution in [2.45, 2.75) is 33.2 Å². The number of allylic oxidation sites excluding steroid dienone is 1. The van der Waals surface area contributed by atoms with Crippen molar-refractivity contribution in [1.82, 2.24) is 0 Å². The van der Waals surface area contributed by atoms with E-state index >= 15 is 0 Å². The number of fused-ring (bicyclic) bond motifs is 1. The summed E-state index contributed by atoms with van der Waals surface area (Å²) in [7, 11) is 1.96. The molecule has 0 bridgehead atoms. The summed E-state index contributed by atoms with van der Waals surface area (Å²) < 4.78 is 14.7. The maximum absolute atomic E-state index is 14.7. The number of rotatable bonds is 3. The maximum Gasteiger partial charge on any atom is 0.335 e. The van der Waals surface area contributed by atoms with Crippen molar-refractivity contribution >= 4 is 29.1 Å². The molecule has 0 atom stereocenters. The number of aromatic carboxylic acids is 1. The van der Waals surface area contributed by atoms with Gasteiger partial charge in [-0.15, -0.1) is 0 Å². The molecule has 1 aliphatic rings. The first kappa shape index (κ1) is 18.8. The van der Waals surface area contributed by atoms with Crippen LogP contribution in [0.3, 0.4) is 0 Å². The molecular weight excluding hydrogens is 343 g/mol. The summed E-state index contributed by atoms with van der Waals surface area (Å²) in [6.45, 7) is 8.00. The number of carboxylic acid groups (broad SMARTS) is 1. The summed E-state index contributed by atoms with van der Waals surface area (Å²) in [5.41, 5.74) is 4.71. The standard InChI is InChI=1S/C22H23FN2O2/c1-13-8-15(21(26)27)6-7-19(13)24-12-16-9-17-14(2)11-22(3,4)25(5)20(17)10-18(16)23/h6-12H,1-5H3,(H,26,27). The van der Waals surface area contributed by atoms with Gasteiger partial charge in [-0.05, 0) is 69.2 Å². The number of carbonyl (C=O) groups is 1. The molecule has 2 aromatic rings. The minimum absolute atomic E-state index is 0.178. The summed E-state index contributed by atoms with van der Waals surface area (Å²) in [5.74, 6) is -1.32. The van der Waals surface area contributed by atoms with Gasteiger partial charge < -0.3 is 10.0 Å². The average molecular weight is 366 g/mol. The normalized spacial score (nSPS) is 15.6. The molecule has 0 saturated carbocycles. The molecule has 0 amide bonds. The van der Waals surface area contributed by atoms with Crippen molar-refractivity contribution < 1.29 is 14.3 Å². The van der Waals surface area contributed by atoms with Gasteiger partial charge in [-0.1, -0.05) is 6.08 Å². The second kappa shape index (κ2) is 6.65. The number of likely N-dealkylation sites (N-methyl/N-ethyl adjacent to an activating group) is 1. The van der Waals surface area contributed by atoms with Crippen LogP contribution in [0.15, 0.2) is 41.4 Å². The van der Waals surface area contributed by atoms with Crippen molar-refractivity contribution in [1.29, 1.82) is 0 Å². The zero-order valence-corrected chi connectivity index (χ0v) is 16.2. The predicted octanol–water partition coefficient (Wildman–Crippen LogP) is 5.21. The highest BCUT2D eigenvalue weighted by Crippen LogP contribution is 2.38. The SMILES string of the molecule is CC1=CC(C)(C)N(C)c2cc(F)c(C=Nc3ccc(C(=O)O)cc3C)cc21. The van der Waals surface area contributed by atoms with E-state index in [0.29, 0.717) is 11.3 Å². The lowest BCUT2D eigenvalue weighted by Gasteiger charge is -2.40. The number of carboxylic acids is 1. The van der Waals surface area contributed by atoms with Crippen LogP contribution in [0.25, 0.3) is 5.57 Å². The monoisotopic (exact) mass is 366 g/mol. The number of aliphatic imine (C=N–C) groups is 1. The van der Waals surface area contributed by atoms with Crippen LogP contribution in [0, 0.1) is 12.7 Å². The molecule has 1 N–H and O–H groups in total. The Kier molecular flexibility index (Phi) is 4.64. The minimum atomic E-state index is -0.983. The van der Waals surface area contributed by atoms with Gasteiger partial charge >= 0.3 is 5.97 Å². The van der Waals surface area contributed by atoms with Crippen molar-refractivity contribution in [3.05, 3.63) is 64.5 Å². The van der Waals surface area contributed by atoms with Gasteiger partial charge in [0.25, 0.3) is 0 Å². The molecule has 140 valence electrons. The number of halogens is 1. The summed E-state index contributed by atoms with van der Waals surface area (Å²) in [5, 5.41) is 9.04. The van der Waals surface area contributed by atoms with E-state index < -0.39 is 5.97 Å². The summed E-state index contributed by atoms with van der Waals surface area (Å²) in [6, 6.07) is 8.05. The van der Waals surface area contributed by atoms with Gasteiger partial charge in [0, 0.05) is 30.1 Å². The second-order valence-corrected chi connectivity index (χ2v) is 7.50. The van der Waals surface area contributed by atoms with E-state index in [1.807, 2.05) is 20.0 Å². The molecule has 27 heavy (non-hydrogen) atoms. The predicted molar refractivity (Wildman–Crippen MR) is 108 cm³/mol. The molecular formula is C22H23FN2O2. The van der Waals surface area contributed by atoms with Crippen molar-refractivity contribution in [3.8, 4) is 0 Å². The summed E-state index contributed by atoms with van der Waals surface area (Å²) in [4.78, 5) is 17.5.